The molecule has 1 rings (SSSR count). The van der Waals surface area contributed by atoms with Crippen LogP contribution in [0.1, 0.15) is 33.1 Å². The lowest BCUT2D eigenvalue weighted by Crippen LogP contribution is -2.51. The summed E-state index contributed by atoms with van der Waals surface area (Å²) in [7, 11) is -3.08. The second-order valence-electron chi connectivity index (χ2n) is 4.38. The first-order valence-corrected chi connectivity index (χ1v) is 6.62. The van der Waals surface area contributed by atoms with Crippen molar-refractivity contribution in [1.82, 2.24) is 4.31 Å². The number of aliphatic hydroxyl groups is 1. The molecule has 0 aromatic rings. The molecule has 0 saturated carbocycles. The number of sulfonamides is 1. The molecule has 1 heterocycles. The van der Waals surface area contributed by atoms with Crippen LogP contribution in [0, 0.1) is 0 Å². The first-order valence-electron chi connectivity index (χ1n) is 5.01. The van der Waals surface area contributed by atoms with Crippen LogP contribution >= 0.6 is 0 Å². The van der Waals surface area contributed by atoms with Gasteiger partial charge in [0, 0.05) is 18.7 Å². The van der Waals surface area contributed by atoms with E-state index in [1.165, 1.54) is 0 Å². The highest BCUT2D eigenvalue weighted by Crippen LogP contribution is 2.26. The van der Waals surface area contributed by atoms with Gasteiger partial charge in [-0.05, 0) is 33.1 Å². The molecule has 0 aromatic carbocycles. The molecule has 1 saturated heterocycles. The Morgan fingerprint density at radius 3 is 2.50 bits per heavy atom. The van der Waals surface area contributed by atoms with Crippen LogP contribution in [0.2, 0.25) is 0 Å². The summed E-state index contributed by atoms with van der Waals surface area (Å²) in [5.74, 6) is 0.252. The van der Waals surface area contributed by atoms with Crippen molar-refractivity contribution in [2.75, 3.05) is 18.9 Å². The zero-order chi connectivity index (χ0) is 10.8. The lowest BCUT2D eigenvalue weighted by Gasteiger charge is -2.39. The Kier molecular flexibility index (Phi) is 3.55. The SMILES string of the molecule is CC(C)(CCO)N1CCCCS1(=O)=O. The summed E-state index contributed by atoms with van der Waals surface area (Å²) >= 11 is 0. The largest absolute Gasteiger partial charge is 0.396 e. The predicted octanol–water partition coefficient (Wildman–Crippen LogP) is 0.573. The lowest BCUT2D eigenvalue weighted by molar-refractivity contribution is 0.159. The summed E-state index contributed by atoms with van der Waals surface area (Å²) < 4.78 is 25.0. The molecule has 0 radical (unpaired) electrons. The Morgan fingerprint density at radius 1 is 1.36 bits per heavy atom. The van der Waals surface area contributed by atoms with Crippen LogP contribution in [0.25, 0.3) is 0 Å². The summed E-state index contributed by atoms with van der Waals surface area (Å²) in [5.41, 5.74) is -0.450. The van der Waals surface area contributed by atoms with E-state index in [4.69, 9.17) is 5.11 Å². The van der Waals surface area contributed by atoms with E-state index in [2.05, 4.69) is 0 Å². The number of rotatable bonds is 3. The molecule has 1 aliphatic heterocycles. The maximum Gasteiger partial charge on any atom is 0.214 e. The van der Waals surface area contributed by atoms with Crippen molar-refractivity contribution in [2.24, 2.45) is 0 Å². The van der Waals surface area contributed by atoms with E-state index >= 15 is 0 Å². The smallest absolute Gasteiger partial charge is 0.214 e. The summed E-state index contributed by atoms with van der Waals surface area (Å²) in [6, 6.07) is 0. The molecule has 0 amide bonds. The third kappa shape index (κ3) is 2.46. The average molecular weight is 221 g/mol. The number of aliphatic hydroxyl groups excluding tert-OH is 1. The Bertz CT molecular complexity index is 284. The second kappa shape index (κ2) is 4.16. The minimum absolute atomic E-state index is 0.0268. The molecule has 84 valence electrons. The van der Waals surface area contributed by atoms with Gasteiger partial charge in [-0.25, -0.2) is 8.42 Å². The van der Waals surface area contributed by atoms with E-state index in [0.29, 0.717) is 13.0 Å². The monoisotopic (exact) mass is 221 g/mol. The molecule has 1 fully saturated rings. The van der Waals surface area contributed by atoms with Gasteiger partial charge in [0.25, 0.3) is 0 Å². The van der Waals surface area contributed by atoms with E-state index in [1.807, 2.05) is 13.8 Å². The molecule has 0 aliphatic carbocycles. The van der Waals surface area contributed by atoms with Crippen LogP contribution in [-0.2, 0) is 10.0 Å². The highest BCUT2D eigenvalue weighted by molar-refractivity contribution is 7.89. The summed E-state index contributed by atoms with van der Waals surface area (Å²) in [6.45, 7) is 4.35. The zero-order valence-electron chi connectivity index (χ0n) is 8.86. The molecule has 1 N–H and O–H groups in total. The third-order valence-electron chi connectivity index (χ3n) is 2.75. The van der Waals surface area contributed by atoms with Crippen molar-refractivity contribution in [1.29, 1.82) is 0 Å². The van der Waals surface area contributed by atoms with E-state index < -0.39 is 15.6 Å². The Balaban J connectivity index is 2.84. The van der Waals surface area contributed by atoms with Gasteiger partial charge in [-0.1, -0.05) is 0 Å². The molecule has 0 aromatic heterocycles. The number of hydrogen-bond acceptors (Lipinski definition) is 3. The summed E-state index contributed by atoms with van der Waals surface area (Å²) in [6.07, 6.45) is 2.17. The molecule has 0 spiro atoms. The van der Waals surface area contributed by atoms with Crippen molar-refractivity contribution in [3.8, 4) is 0 Å². The summed E-state index contributed by atoms with van der Waals surface area (Å²) in [5, 5.41) is 8.88. The second-order valence-corrected chi connectivity index (χ2v) is 6.39. The maximum atomic E-state index is 11.7. The Morgan fingerprint density at radius 2 is 2.00 bits per heavy atom. The van der Waals surface area contributed by atoms with Gasteiger partial charge in [-0.3, -0.25) is 0 Å². The Labute approximate surface area is 86.0 Å². The van der Waals surface area contributed by atoms with Gasteiger partial charge in [-0.2, -0.15) is 4.31 Å². The molecule has 5 heteroatoms. The normalized spacial score (nSPS) is 23.6. The maximum absolute atomic E-state index is 11.7. The van der Waals surface area contributed by atoms with Gasteiger partial charge in [0.15, 0.2) is 0 Å². The van der Waals surface area contributed by atoms with Crippen molar-refractivity contribution in [2.45, 2.75) is 38.6 Å². The van der Waals surface area contributed by atoms with Crippen LogP contribution in [0.5, 0.6) is 0 Å². The number of nitrogens with zero attached hydrogens (tertiary/aromatic N) is 1. The minimum atomic E-state index is -3.08. The average Bonchev–Trinajstić information content (AvgIpc) is 2.02. The van der Waals surface area contributed by atoms with Gasteiger partial charge >= 0.3 is 0 Å². The van der Waals surface area contributed by atoms with E-state index in [0.717, 1.165) is 12.8 Å². The lowest BCUT2D eigenvalue weighted by atomic mass is 10.0. The first-order chi connectivity index (χ1) is 6.40. The van der Waals surface area contributed by atoms with E-state index in [1.54, 1.807) is 4.31 Å². The summed E-state index contributed by atoms with van der Waals surface area (Å²) in [4.78, 5) is 0. The topological polar surface area (TPSA) is 57.6 Å². The van der Waals surface area contributed by atoms with Gasteiger partial charge in [0.2, 0.25) is 10.0 Å². The third-order valence-corrected chi connectivity index (χ3v) is 4.90. The predicted molar refractivity (Wildman–Crippen MR) is 55.5 cm³/mol. The molecule has 0 atom stereocenters. The fourth-order valence-electron chi connectivity index (χ4n) is 1.87. The van der Waals surface area contributed by atoms with Crippen LogP contribution in [-0.4, -0.2) is 42.3 Å². The molecule has 1 aliphatic rings. The molecular formula is C9H19NO3S. The van der Waals surface area contributed by atoms with Crippen LogP contribution in [0.15, 0.2) is 0 Å². The quantitative estimate of drug-likeness (QED) is 0.758. The highest BCUT2D eigenvalue weighted by Gasteiger charge is 2.37. The van der Waals surface area contributed by atoms with Gasteiger partial charge in [-0.15, -0.1) is 0 Å². The van der Waals surface area contributed by atoms with Gasteiger partial charge in [0.1, 0.15) is 0 Å². The highest BCUT2D eigenvalue weighted by atomic mass is 32.2. The molecule has 4 nitrogen and oxygen atoms in total. The Hall–Kier alpha value is -0.130. The van der Waals surface area contributed by atoms with Gasteiger partial charge < -0.3 is 5.11 Å². The minimum Gasteiger partial charge on any atom is -0.396 e. The van der Waals surface area contributed by atoms with Crippen LogP contribution in [0.4, 0.5) is 0 Å². The fourth-order valence-corrected chi connectivity index (χ4v) is 3.91. The van der Waals surface area contributed by atoms with E-state index in [9.17, 15) is 8.42 Å². The van der Waals surface area contributed by atoms with Gasteiger partial charge in [0.05, 0.1) is 5.75 Å². The molecule has 14 heavy (non-hydrogen) atoms. The van der Waals surface area contributed by atoms with E-state index in [-0.39, 0.29) is 12.4 Å². The first kappa shape index (κ1) is 11.9. The van der Waals surface area contributed by atoms with Crippen molar-refractivity contribution in [3.63, 3.8) is 0 Å². The van der Waals surface area contributed by atoms with Crippen LogP contribution < -0.4 is 0 Å². The van der Waals surface area contributed by atoms with Crippen LogP contribution in [0.3, 0.4) is 0 Å². The zero-order valence-corrected chi connectivity index (χ0v) is 9.68. The fraction of sp³-hybridized carbons (Fsp3) is 1.00. The number of hydrogen-bond donors (Lipinski definition) is 1. The molecular weight excluding hydrogens is 202 g/mol. The standard InChI is InChI=1S/C9H19NO3S/c1-9(2,5-7-11)10-6-3-4-8-14(10,12)13/h11H,3-8H2,1-2H3. The van der Waals surface area contributed by atoms with Crippen molar-refractivity contribution >= 4 is 10.0 Å². The van der Waals surface area contributed by atoms with Crippen molar-refractivity contribution in [3.05, 3.63) is 0 Å². The van der Waals surface area contributed by atoms with Crippen molar-refractivity contribution < 1.29 is 13.5 Å². The molecule has 0 bridgehead atoms. The molecule has 0 unspecified atom stereocenters.